The normalized spacial score (nSPS) is 10.2. The van der Waals surface area contributed by atoms with Crippen LogP contribution in [-0.2, 0) is 11.3 Å². The van der Waals surface area contributed by atoms with Gasteiger partial charge in [-0.05, 0) is 42.3 Å². The summed E-state index contributed by atoms with van der Waals surface area (Å²) < 4.78 is 22.5. The molecule has 0 radical (unpaired) electrons. The minimum Gasteiger partial charge on any atom is -0.494 e. The summed E-state index contributed by atoms with van der Waals surface area (Å²) in [4.78, 5) is 12.1. The summed E-state index contributed by atoms with van der Waals surface area (Å²) in [5.41, 5.74) is 0.864. The smallest absolute Gasteiger partial charge is 0.220 e. The van der Waals surface area contributed by atoms with Crippen molar-refractivity contribution in [3.8, 4) is 23.0 Å². The molecule has 0 aliphatic heterocycles. The monoisotopic (exact) mass is 437 g/mol. The minimum absolute atomic E-state index is 0.0402. The van der Waals surface area contributed by atoms with Crippen LogP contribution < -0.4 is 24.3 Å². The van der Waals surface area contributed by atoms with E-state index in [-0.39, 0.29) is 5.91 Å². The Kier molecular flexibility index (Phi) is 8.26. The molecule has 0 heterocycles. The number of hydrogen-bond donors (Lipinski definition) is 1. The van der Waals surface area contributed by atoms with Gasteiger partial charge in [0.2, 0.25) is 11.7 Å². The number of carbonyl (C=O) groups is 1. The molecule has 0 aliphatic rings. The lowest BCUT2D eigenvalue weighted by Crippen LogP contribution is -2.23. The van der Waals surface area contributed by atoms with Gasteiger partial charge in [0.25, 0.3) is 0 Å². The summed E-state index contributed by atoms with van der Waals surface area (Å²) >= 11 is 3.40. The topological polar surface area (TPSA) is 66.0 Å². The van der Waals surface area contributed by atoms with Crippen LogP contribution in [0.1, 0.15) is 18.4 Å². The SMILES string of the molecule is COc1cc(CNC(=O)CCCOc2cccc(Br)c2)cc(OC)c1OC. The number of carbonyl (C=O) groups excluding carboxylic acids is 1. The largest absolute Gasteiger partial charge is 0.494 e. The van der Waals surface area contributed by atoms with Gasteiger partial charge in [-0.2, -0.15) is 0 Å². The maximum Gasteiger partial charge on any atom is 0.220 e. The lowest BCUT2D eigenvalue weighted by Gasteiger charge is -2.14. The number of hydrogen-bond acceptors (Lipinski definition) is 5. The maximum atomic E-state index is 12.1. The first kappa shape index (κ1) is 20.9. The molecule has 6 nitrogen and oxygen atoms in total. The van der Waals surface area contributed by atoms with Crippen molar-refractivity contribution in [3.63, 3.8) is 0 Å². The molecule has 2 rings (SSSR count). The van der Waals surface area contributed by atoms with Crippen LogP contribution in [0.3, 0.4) is 0 Å². The molecule has 1 amide bonds. The molecule has 0 aromatic heterocycles. The van der Waals surface area contributed by atoms with Crippen molar-refractivity contribution < 1.29 is 23.7 Å². The van der Waals surface area contributed by atoms with Gasteiger partial charge < -0.3 is 24.3 Å². The van der Waals surface area contributed by atoms with E-state index in [1.807, 2.05) is 36.4 Å². The highest BCUT2D eigenvalue weighted by Crippen LogP contribution is 2.38. The summed E-state index contributed by atoms with van der Waals surface area (Å²) in [6.07, 6.45) is 1.02. The number of amides is 1. The van der Waals surface area contributed by atoms with Crippen LogP contribution in [0.2, 0.25) is 0 Å². The third-order valence-corrected chi connectivity index (χ3v) is 4.32. The number of methoxy groups -OCH3 is 3. The van der Waals surface area contributed by atoms with E-state index in [0.717, 1.165) is 15.8 Å². The first-order valence-corrected chi connectivity index (χ1v) is 9.30. The molecule has 27 heavy (non-hydrogen) atoms. The maximum absolute atomic E-state index is 12.1. The Hall–Kier alpha value is -2.41. The van der Waals surface area contributed by atoms with Crippen LogP contribution in [-0.4, -0.2) is 33.8 Å². The Balaban J connectivity index is 1.79. The van der Waals surface area contributed by atoms with Gasteiger partial charge in [0.1, 0.15) is 5.75 Å². The van der Waals surface area contributed by atoms with Gasteiger partial charge in [-0.3, -0.25) is 4.79 Å². The quantitative estimate of drug-likeness (QED) is 0.570. The predicted octanol–water partition coefficient (Wildman–Crippen LogP) is 3.95. The Labute approximate surface area is 167 Å². The number of rotatable bonds is 10. The fourth-order valence-corrected chi connectivity index (χ4v) is 2.88. The zero-order valence-corrected chi connectivity index (χ0v) is 17.3. The van der Waals surface area contributed by atoms with Gasteiger partial charge in [-0.25, -0.2) is 0 Å². The van der Waals surface area contributed by atoms with Crippen molar-refractivity contribution >= 4 is 21.8 Å². The van der Waals surface area contributed by atoms with E-state index in [2.05, 4.69) is 21.2 Å². The molecule has 7 heteroatoms. The Bertz CT molecular complexity index is 741. The first-order valence-electron chi connectivity index (χ1n) is 8.51. The van der Waals surface area contributed by atoms with E-state index in [9.17, 15) is 4.79 Å². The summed E-state index contributed by atoms with van der Waals surface area (Å²) in [6, 6.07) is 11.3. The molecule has 0 fully saturated rings. The minimum atomic E-state index is -0.0402. The van der Waals surface area contributed by atoms with Gasteiger partial charge in [-0.1, -0.05) is 22.0 Å². The van der Waals surface area contributed by atoms with Gasteiger partial charge >= 0.3 is 0 Å². The van der Waals surface area contributed by atoms with Crippen molar-refractivity contribution in [1.29, 1.82) is 0 Å². The number of halogens is 1. The van der Waals surface area contributed by atoms with Crippen molar-refractivity contribution in [2.75, 3.05) is 27.9 Å². The highest BCUT2D eigenvalue weighted by molar-refractivity contribution is 9.10. The molecule has 1 N–H and O–H groups in total. The Morgan fingerprint density at radius 3 is 2.33 bits per heavy atom. The van der Waals surface area contributed by atoms with Crippen molar-refractivity contribution in [2.24, 2.45) is 0 Å². The molecule has 2 aromatic carbocycles. The lowest BCUT2D eigenvalue weighted by atomic mass is 10.1. The van der Waals surface area contributed by atoms with E-state index in [1.165, 1.54) is 0 Å². The van der Waals surface area contributed by atoms with Crippen molar-refractivity contribution in [3.05, 3.63) is 46.4 Å². The second-order valence-electron chi connectivity index (χ2n) is 5.72. The zero-order valence-electron chi connectivity index (χ0n) is 15.7. The Morgan fingerprint density at radius 1 is 1.04 bits per heavy atom. The average molecular weight is 438 g/mol. The fraction of sp³-hybridized carbons (Fsp3) is 0.350. The molecule has 0 aliphatic carbocycles. The molecule has 2 aromatic rings. The molecule has 0 saturated heterocycles. The second kappa shape index (κ2) is 10.7. The zero-order chi connectivity index (χ0) is 19.6. The van der Waals surface area contributed by atoms with Crippen LogP contribution in [0, 0.1) is 0 Å². The van der Waals surface area contributed by atoms with Gasteiger partial charge in [0.05, 0.1) is 27.9 Å². The van der Waals surface area contributed by atoms with Crippen LogP contribution >= 0.6 is 15.9 Å². The number of nitrogens with one attached hydrogen (secondary N) is 1. The van der Waals surface area contributed by atoms with E-state index in [4.69, 9.17) is 18.9 Å². The molecular formula is C20H24BrNO5. The number of benzene rings is 2. The lowest BCUT2D eigenvalue weighted by molar-refractivity contribution is -0.121. The standard InChI is InChI=1S/C20H24BrNO5/c1-24-17-10-14(11-18(25-2)20(17)26-3)13-22-19(23)8-5-9-27-16-7-4-6-15(21)12-16/h4,6-7,10-12H,5,8-9,13H2,1-3H3,(H,22,23). The molecule has 0 saturated carbocycles. The van der Waals surface area contributed by atoms with Gasteiger partial charge in [0, 0.05) is 17.4 Å². The van der Waals surface area contributed by atoms with E-state index in [1.54, 1.807) is 21.3 Å². The summed E-state index contributed by atoms with van der Waals surface area (Å²) in [5.74, 6) is 2.38. The van der Waals surface area contributed by atoms with Crippen molar-refractivity contribution in [2.45, 2.75) is 19.4 Å². The second-order valence-corrected chi connectivity index (χ2v) is 6.64. The summed E-state index contributed by atoms with van der Waals surface area (Å²) in [6.45, 7) is 0.857. The third-order valence-electron chi connectivity index (χ3n) is 3.83. The molecular weight excluding hydrogens is 414 g/mol. The molecule has 0 spiro atoms. The first-order chi connectivity index (χ1) is 13.1. The Morgan fingerprint density at radius 2 is 1.74 bits per heavy atom. The fourth-order valence-electron chi connectivity index (χ4n) is 2.51. The van der Waals surface area contributed by atoms with E-state index >= 15 is 0 Å². The van der Waals surface area contributed by atoms with Crippen LogP contribution in [0.25, 0.3) is 0 Å². The average Bonchev–Trinajstić information content (AvgIpc) is 2.68. The highest BCUT2D eigenvalue weighted by atomic mass is 79.9. The van der Waals surface area contributed by atoms with Crippen molar-refractivity contribution in [1.82, 2.24) is 5.32 Å². The molecule has 146 valence electrons. The third kappa shape index (κ3) is 6.36. The van der Waals surface area contributed by atoms with Crippen LogP contribution in [0.5, 0.6) is 23.0 Å². The molecule has 0 unspecified atom stereocenters. The van der Waals surface area contributed by atoms with Crippen LogP contribution in [0.15, 0.2) is 40.9 Å². The highest BCUT2D eigenvalue weighted by Gasteiger charge is 2.13. The summed E-state index contributed by atoms with van der Waals surface area (Å²) in [5, 5.41) is 2.89. The van der Waals surface area contributed by atoms with Gasteiger partial charge in [-0.15, -0.1) is 0 Å². The molecule has 0 bridgehead atoms. The van der Waals surface area contributed by atoms with E-state index < -0.39 is 0 Å². The van der Waals surface area contributed by atoms with Gasteiger partial charge in [0.15, 0.2) is 11.5 Å². The van der Waals surface area contributed by atoms with Crippen LogP contribution in [0.4, 0.5) is 0 Å². The number of ether oxygens (including phenoxy) is 4. The molecule has 0 atom stereocenters. The summed E-state index contributed by atoms with van der Waals surface area (Å²) in [7, 11) is 4.67. The van der Waals surface area contributed by atoms with E-state index in [0.29, 0.717) is 43.2 Å². The predicted molar refractivity (Wildman–Crippen MR) is 107 cm³/mol.